The Hall–Kier alpha value is -3.85. The van der Waals surface area contributed by atoms with E-state index in [1.807, 2.05) is 6.07 Å². The van der Waals surface area contributed by atoms with Gasteiger partial charge in [0, 0.05) is 31.2 Å². The number of aromatic nitrogens is 3. The van der Waals surface area contributed by atoms with Crippen LogP contribution in [0.3, 0.4) is 0 Å². The molecular formula is C21H22FN7O3S. The molecule has 10 nitrogen and oxygen atoms in total. The molecule has 0 unspecified atom stereocenters. The molecule has 0 radical (unpaired) electrons. The topological polar surface area (TPSA) is 164 Å². The highest BCUT2D eigenvalue weighted by Gasteiger charge is 2.17. The van der Waals surface area contributed by atoms with Crippen molar-refractivity contribution in [2.75, 3.05) is 36.1 Å². The smallest absolute Gasteiger partial charge is 0.253 e. The molecule has 2 heterocycles. The average Bonchev–Trinajstić information content (AvgIpc) is 2.76. The van der Waals surface area contributed by atoms with E-state index in [-0.39, 0.29) is 59.8 Å². The highest BCUT2D eigenvalue weighted by Crippen LogP contribution is 2.21. The molecule has 0 saturated heterocycles. The van der Waals surface area contributed by atoms with Gasteiger partial charge in [0.2, 0.25) is 0 Å². The number of carbonyl (C=O) groups excluding carboxylic acids is 1. The number of nitrogens with two attached hydrogens (primary N) is 1. The molecule has 12 heteroatoms. The van der Waals surface area contributed by atoms with Gasteiger partial charge in [-0.2, -0.15) is 5.26 Å². The molecule has 3 aromatic rings. The second-order valence-corrected chi connectivity index (χ2v) is 9.56. The Morgan fingerprint density at radius 1 is 1.27 bits per heavy atom. The van der Waals surface area contributed by atoms with Crippen molar-refractivity contribution in [3.63, 3.8) is 0 Å². The fraction of sp³-hybridized carbons (Fsp3) is 0.286. The van der Waals surface area contributed by atoms with Crippen molar-refractivity contribution in [2.45, 2.75) is 12.8 Å². The van der Waals surface area contributed by atoms with Gasteiger partial charge in [0.1, 0.15) is 45.3 Å². The van der Waals surface area contributed by atoms with Gasteiger partial charge in [-0.15, -0.1) is 0 Å². The molecule has 1 amide bonds. The molecule has 33 heavy (non-hydrogen) atoms. The van der Waals surface area contributed by atoms with Crippen molar-refractivity contribution in [2.24, 2.45) is 0 Å². The van der Waals surface area contributed by atoms with Crippen molar-refractivity contribution >= 4 is 38.3 Å². The predicted octanol–water partition coefficient (Wildman–Crippen LogP) is 1.44. The quantitative estimate of drug-likeness (QED) is 0.392. The van der Waals surface area contributed by atoms with Crippen LogP contribution in [0, 0.1) is 17.1 Å². The maximum absolute atomic E-state index is 14.3. The van der Waals surface area contributed by atoms with Crippen LogP contribution >= 0.6 is 0 Å². The number of pyridine rings is 1. The van der Waals surface area contributed by atoms with E-state index in [1.54, 1.807) is 6.07 Å². The van der Waals surface area contributed by atoms with Gasteiger partial charge in [0.15, 0.2) is 0 Å². The number of nitrogen functional groups attached to an aromatic ring is 1. The molecule has 0 fully saturated rings. The third-order valence-corrected chi connectivity index (χ3v) is 5.78. The maximum Gasteiger partial charge on any atom is 0.253 e. The van der Waals surface area contributed by atoms with E-state index in [9.17, 15) is 22.9 Å². The van der Waals surface area contributed by atoms with Gasteiger partial charge in [-0.1, -0.05) is 6.07 Å². The first-order valence-electron chi connectivity index (χ1n) is 9.98. The lowest BCUT2D eigenvalue weighted by Gasteiger charge is -2.13. The van der Waals surface area contributed by atoms with Crippen molar-refractivity contribution in [3.05, 3.63) is 53.2 Å². The Morgan fingerprint density at radius 3 is 2.79 bits per heavy atom. The van der Waals surface area contributed by atoms with Gasteiger partial charge in [-0.3, -0.25) is 9.78 Å². The number of fused-ring (bicyclic) bond motifs is 1. The number of nitrogens with zero attached hydrogens (tertiary/aromatic N) is 4. The first kappa shape index (κ1) is 23.8. The number of rotatable bonds is 9. The Kier molecular flexibility index (Phi) is 7.34. The van der Waals surface area contributed by atoms with Crippen LogP contribution in [0.2, 0.25) is 0 Å². The van der Waals surface area contributed by atoms with Gasteiger partial charge in [0.05, 0.1) is 22.5 Å². The van der Waals surface area contributed by atoms with Crippen molar-refractivity contribution in [1.82, 2.24) is 20.3 Å². The van der Waals surface area contributed by atoms with E-state index >= 15 is 0 Å². The average molecular weight is 472 g/mol. The predicted molar refractivity (Wildman–Crippen MR) is 122 cm³/mol. The molecule has 0 spiro atoms. The number of hydrogen-bond donors (Lipinski definition) is 3. The molecule has 0 aliphatic heterocycles. The largest absolute Gasteiger partial charge is 0.382 e. The molecule has 3 rings (SSSR count). The van der Waals surface area contributed by atoms with Crippen LogP contribution in [-0.2, 0) is 16.3 Å². The monoisotopic (exact) mass is 471 g/mol. The summed E-state index contributed by atoms with van der Waals surface area (Å²) in [6.45, 7) is 0.401. The lowest BCUT2D eigenvalue weighted by atomic mass is 10.1. The van der Waals surface area contributed by atoms with E-state index < -0.39 is 21.6 Å². The van der Waals surface area contributed by atoms with E-state index in [0.29, 0.717) is 11.2 Å². The number of sulfone groups is 1. The first-order chi connectivity index (χ1) is 15.7. The number of anilines is 2. The van der Waals surface area contributed by atoms with Crippen LogP contribution in [0.1, 0.15) is 28.0 Å². The number of hydrogen-bond acceptors (Lipinski definition) is 9. The highest BCUT2D eigenvalue weighted by atomic mass is 32.2. The molecule has 0 aliphatic rings. The molecule has 0 saturated carbocycles. The third-order valence-electron chi connectivity index (χ3n) is 4.75. The molecule has 2 aromatic heterocycles. The molecule has 4 N–H and O–H groups in total. The van der Waals surface area contributed by atoms with E-state index in [1.165, 1.54) is 24.5 Å². The summed E-state index contributed by atoms with van der Waals surface area (Å²) >= 11 is 0. The molecule has 172 valence electrons. The molecule has 0 aliphatic carbocycles. The van der Waals surface area contributed by atoms with Crippen LogP contribution in [0.4, 0.5) is 16.0 Å². The number of nitriles is 1. The van der Waals surface area contributed by atoms with Crippen molar-refractivity contribution in [3.8, 4) is 6.07 Å². The standard InChI is InChI=1S/C21H22FN7O3S/c1-33(31,32)9-3-7-26-21(30)14-10-13-16(22)4-2-5-17(13)29-18(14)6-8-25-20-15(11-23)19(24)27-12-28-20/h2,4-5,10,12H,3,6-9H2,1H3,(H,26,30)(H3,24,25,27,28). The Balaban J connectivity index is 1.81. The lowest BCUT2D eigenvalue weighted by Crippen LogP contribution is -2.27. The number of benzene rings is 1. The minimum atomic E-state index is -3.14. The van der Waals surface area contributed by atoms with Crippen LogP contribution in [0.25, 0.3) is 10.9 Å². The molecule has 0 atom stereocenters. The first-order valence-corrected chi connectivity index (χ1v) is 12.0. The van der Waals surface area contributed by atoms with Gasteiger partial charge >= 0.3 is 0 Å². The summed E-state index contributed by atoms with van der Waals surface area (Å²) < 4.78 is 36.8. The highest BCUT2D eigenvalue weighted by molar-refractivity contribution is 7.90. The van der Waals surface area contributed by atoms with E-state index in [0.717, 1.165) is 6.26 Å². The lowest BCUT2D eigenvalue weighted by molar-refractivity contribution is 0.0952. The molecule has 1 aromatic carbocycles. The SMILES string of the molecule is CS(=O)(=O)CCCNC(=O)c1cc2c(F)cccc2nc1CCNc1ncnc(N)c1C#N. The normalized spacial score (nSPS) is 11.2. The number of carbonyl (C=O) groups is 1. The van der Waals surface area contributed by atoms with Gasteiger partial charge in [-0.05, 0) is 24.6 Å². The Bertz CT molecular complexity index is 1340. The zero-order valence-electron chi connectivity index (χ0n) is 17.8. The van der Waals surface area contributed by atoms with E-state index in [2.05, 4.69) is 25.6 Å². The van der Waals surface area contributed by atoms with E-state index in [4.69, 9.17) is 5.73 Å². The number of nitrogens with one attached hydrogen (secondary N) is 2. The minimum absolute atomic E-state index is 0.0449. The number of halogens is 1. The van der Waals surface area contributed by atoms with Crippen molar-refractivity contribution in [1.29, 1.82) is 5.26 Å². The molecule has 0 bridgehead atoms. The summed E-state index contributed by atoms with van der Waals surface area (Å²) in [6.07, 6.45) is 2.86. The fourth-order valence-corrected chi connectivity index (χ4v) is 3.83. The summed E-state index contributed by atoms with van der Waals surface area (Å²) in [5.41, 5.74) is 6.77. The summed E-state index contributed by atoms with van der Waals surface area (Å²) in [5.74, 6) is -0.754. The molecular weight excluding hydrogens is 449 g/mol. The van der Waals surface area contributed by atoms with Gasteiger partial charge in [0.25, 0.3) is 5.91 Å². The second kappa shape index (κ2) is 10.2. The van der Waals surface area contributed by atoms with Crippen LogP contribution < -0.4 is 16.4 Å². The summed E-state index contributed by atoms with van der Waals surface area (Å²) in [7, 11) is -3.14. The summed E-state index contributed by atoms with van der Waals surface area (Å²) in [5, 5.41) is 15.1. The third kappa shape index (κ3) is 6.11. The summed E-state index contributed by atoms with van der Waals surface area (Å²) in [4.78, 5) is 25.0. The van der Waals surface area contributed by atoms with Crippen molar-refractivity contribution < 1.29 is 17.6 Å². The second-order valence-electron chi connectivity index (χ2n) is 7.30. The van der Waals surface area contributed by atoms with Crippen LogP contribution in [0.15, 0.2) is 30.6 Å². The minimum Gasteiger partial charge on any atom is -0.382 e. The van der Waals surface area contributed by atoms with Gasteiger partial charge in [-0.25, -0.2) is 22.8 Å². The zero-order valence-corrected chi connectivity index (χ0v) is 18.6. The Morgan fingerprint density at radius 2 is 2.06 bits per heavy atom. The number of amides is 1. The van der Waals surface area contributed by atoms with Crippen LogP contribution in [0.5, 0.6) is 0 Å². The fourth-order valence-electron chi connectivity index (χ4n) is 3.16. The summed E-state index contributed by atoms with van der Waals surface area (Å²) in [6, 6.07) is 7.82. The van der Waals surface area contributed by atoms with Crippen LogP contribution in [-0.4, -0.2) is 54.4 Å². The van der Waals surface area contributed by atoms with Gasteiger partial charge < -0.3 is 16.4 Å². The zero-order chi connectivity index (χ0) is 24.0. The maximum atomic E-state index is 14.3. The Labute approximate surface area is 190 Å².